The SMILES string of the molecule is CC[C@H](F)CN1C[C@H](NC(=O)NC(C)(C)C)C[C@H]1COCCF. The number of rotatable bonds is 8. The molecule has 7 heteroatoms. The topological polar surface area (TPSA) is 53.6 Å². The summed E-state index contributed by atoms with van der Waals surface area (Å²) in [4.78, 5) is 14.0. The maximum absolute atomic E-state index is 13.7. The van der Waals surface area contributed by atoms with Gasteiger partial charge in [-0.15, -0.1) is 0 Å². The van der Waals surface area contributed by atoms with E-state index in [1.807, 2.05) is 32.6 Å². The molecule has 23 heavy (non-hydrogen) atoms. The molecule has 0 radical (unpaired) electrons. The van der Waals surface area contributed by atoms with E-state index < -0.39 is 12.8 Å². The van der Waals surface area contributed by atoms with Crippen LogP contribution >= 0.6 is 0 Å². The number of urea groups is 1. The molecule has 1 aliphatic rings. The highest BCUT2D eigenvalue weighted by molar-refractivity contribution is 5.75. The molecule has 136 valence electrons. The van der Waals surface area contributed by atoms with Crippen molar-refractivity contribution in [2.45, 2.75) is 64.3 Å². The van der Waals surface area contributed by atoms with Gasteiger partial charge >= 0.3 is 6.03 Å². The van der Waals surface area contributed by atoms with Gasteiger partial charge < -0.3 is 15.4 Å². The first-order chi connectivity index (χ1) is 10.7. The van der Waals surface area contributed by atoms with Crippen molar-refractivity contribution in [2.75, 3.05) is 33.0 Å². The number of hydrogen-bond acceptors (Lipinski definition) is 3. The molecule has 0 aromatic heterocycles. The maximum Gasteiger partial charge on any atom is 0.315 e. The zero-order valence-corrected chi connectivity index (χ0v) is 14.7. The number of nitrogens with zero attached hydrogens (tertiary/aromatic N) is 1. The number of halogens is 2. The fourth-order valence-corrected chi connectivity index (χ4v) is 2.71. The van der Waals surface area contributed by atoms with Gasteiger partial charge in [-0.1, -0.05) is 6.92 Å². The fraction of sp³-hybridized carbons (Fsp3) is 0.938. The Morgan fingerprint density at radius 2 is 2.13 bits per heavy atom. The van der Waals surface area contributed by atoms with E-state index in [1.54, 1.807) is 0 Å². The van der Waals surface area contributed by atoms with Crippen LogP contribution in [0.15, 0.2) is 0 Å². The molecule has 0 unspecified atom stereocenters. The third kappa shape index (κ3) is 7.92. The van der Waals surface area contributed by atoms with Crippen molar-refractivity contribution in [1.29, 1.82) is 0 Å². The number of ether oxygens (including phenoxy) is 1. The molecule has 1 aliphatic heterocycles. The molecule has 2 N–H and O–H groups in total. The molecule has 1 saturated heterocycles. The molecule has 1 fully saturated rings. The van der Waals surface area contributed by atoms with Crippen LogP contribution in [0.3, 0.4) is 0 Å². The smallest absolute Gasteiger partial charge is 0.315 e. The van der Waals surface area contributed by atoms with Gasteiger partial charge in [0.05, 0.1) is 13.2 Å². The van der Waals surface area contributed by atoms with Crippen LogP contribution in [0.25, 0.3) is 0 Å². The van der Waals surface area contributed by atoms with Crippen LogP contribution in [0.1, 0.15) is 40.5 Å². The predicted octanol–water partition coefficient (Wildman–Crippen LogP) is 2.26. The fourth-order valence-electron chi connectivity index (χ4n) is 2.71. The van der Waals surface area contributed by atoms with E-state index in [-0.39, 0.29) is 30.3 Å². The molecule has 3 atom stereocenters. The quantitative estimate of drug-likeness (QED) is 0.669. The Balaban J connectivity index is 2.54. The second-order valence-corrected chi connectivity index (χ2v) is 7.16. The van der Waals surface area contributed by atoms with Crippen LogP contribution in [0.5, 0.6) is 0 Å². The van der Waals surface area contributed by atoms with Crippen molar-refractivity contribution in [2.24, 2.45) is 0 Å². The van der Waals surface area contributed by atoms with E-state index in [0.717, 1.165) is 0 Å². The lowest BCUT2D eigenvalue weighted by molar-refractivity contribution is 0.0597. The molecule has 1 rings (SSSR count). The van der Waals surface area contributed by atoms with Gasteiger partial charge in [-0.2, -0.15) is 0 Å². The third-order valence-corrected chi connectivity index (χ3v) is 3.76. The van der Waals surface area contributed by atoms with Crippen LogP contribution in [0.2, 0.25) is 0 Å². The number of hydrogen-bond donors (Lipinski definition) is 2. The molecule has 0 bridgehead atoms. The molecule has 5 nitrogen and oxygen atoms in total. The largest absolute Gasteiger partial charge is 0.377 e. The predicted molar refractivity (Wildman–Crippen MR) is 87.2 cm³/mol. The zero-order valence-electron chi connectivity index (χ0n) is 14.7. The van der Waals surface area contributed by atoms with Crippen LogP contribution in [-0.4, -0.2) is 67.7 Å². The number of nitrogens with one attached hydrogen (secondary N) is 2. The van der Waals surface area contributed by atoms with Crippen LogP contribution in [0.4, 0.5) is 13.6 Å². The Bertz CT molecular complexity index is 364. The number of amides is 2. The average Bonchev–Trinajstić information content (AvgIpc) is 2.78. The van der Waals surface area contributed by atoms with Crippen molar-refractivity contribution in [3.63, 3.8) is 0 Å². The minimum Gasteiger partial charge on any atom is -0.377 e. The second kappa shape index (κ2) is 9.37. The molecule has 2 amide bonds. The Hall–Kier alpha value is -0.950. The number of likely N-dealkylation sites (tertiary alicyclic amines) is 1. The van der Waals surface area contributed by atoms with Crippen LogP contribution in [-0.2, 0) is 4.74 Å². The molecule has 0 aliphatic carbocycles. The van der Waals surface area contributed by atoms with Gasteiger partial charge in [0.1, 0.15) is 12.8 Å². The summed E-state index contributed by atoms with van der Waals surface area (Å²) in [5.74, 6) is 0. The molecule has 0 saturated carbocycles. The highest BCUT2D eigenvalue weighted by Crippen LogP contribution is 2.20. The summed E-state index contributed by atoms with van der Waals surface area (Å²) < 4.78 is 31.2. The molecule has 1 heterocycles. The van der Waals surface area contributed by atoms with E-state index in [9.17, 15) is 13.6 Å². The molecule has 0 aromatic rings. The molecule has 0 spiro atoms. The van der Waals surface area contributed by atoms with Crippen molar-refractivity contribution < 1.29 is 18.3 Å². The standard InChI is InChI=1S/C16H31F2N3O2/c1-5-12(18)9-21-10-13(8-14(21)11-23-7-6-17)19-15(22)20-16(2,3)4/h12-14H,5-11H2,1-4H3,(H2,19,20,22)/t12-,13+,14-/m0/s1. The Labute approximate surface area is 138 Å². The van der Waals surface area contributed by atoms with E-state index in [1.165, 1.54) is 0 Å². The first-order valence-electron chi connectivity index (χ1n) is 8.35. The lowest BCUT2D eigenvalue weighted by atomic mass is 10.1. The van der Waals surface area contributed by atoms with Crippen molar-refractivity contribution in [1.82, 2.24) is 15.5 Å². The van der Waals surface area contributed by atoms with E-state index >= 15 is 0 Å². The Kier molecular flexibility index (Phi) is 8.19. The number of alkyl halides is 2. The van der Waals surface area contributed by atoms with Gasteiger partial charge in [-0.05, 0) is 33.6 Å². The zero-order chi connectivity index (χ0) is 17.5. The summed E-state index contributed by atoms with van der Waals surface area (Å²) in [5, 5.41) is 5.79. The molecule has 0 aromatic carbocycles. The number of carbonyl (C=O) groups is 1. The lowest BCUT2D eigenvalue weighted by Crippen LogP contribution is -2.50. The van der Waals surface area contributed by atoms with Crippen molar-refractivity contribution in [3.05, 3.63) is 0 Å². The Morgan fingerprint density at radius 3 is 2.70 bits per heavy atom. The minimum atomic E-state index is -0.902. The third-order valence-electron chi connectivity index (χ3n) is 3.76. The van der Waals surface area contributed by atoms with Crippen molar-refractivity contribution >= 4 is 6.03 Å². The van der Waals surface area contributed by atoms with E-state index in [4.69, 9.17) is 4.74 Å². The van der Waals surface area contributed by atoms with Gasteiger partial charge in [0.15, 0.2) is 0 Å². The van der Waals surface area contributed by atoms with Gasteiger partial charge in [0, 0.05) is 30.7 Å². The second-order valence-electron chi connectivity index (χ2n) is 7.16. The first kappa shape index (κ1) is 20.1. The monoisotopic (exact) mass is 335 g/mol. The minimum absolute atomic E-state index is 0.00582. The summed E-state index contributed by atoms with van der Waals surface area (Å²) >= 11 is 0. The molecular formula is C16H31F2N3O2. The lowest BCUT2D eigenvalue weighted by Gasteiger charge is -2.25. The van der Waals surface area contributed by atoms with Gasteiger partial charge in [0.25, 0.3) is 0 Å². The van der Waals surface area contributed by atoms with Crippen molar-refractivity contribution in [3.8, 4) is 0 Å². The highest BCUT2D eigenvalue weighted by Gasteiger charge is 2.34. The summed E-state index contributed by atoms with van der Waals surface area (Å²) in [6, 6.07) is -0.272. The van der Waals surface area contributed by atoms with Crippen LogP contribution in [0, 0.1) is 0 Å². The van der Waals surface area contributed by atoms with E-state index in [0.29, 0.717) is 32.5 Å². The maximum atomic E-state index is 13.7. The summed E-state index contributed by atoms with van der Waals surface area (Å²) in [7, 11) is 0. The van der Waals surface area contributed by atoms with E-state index in [2.05, 4.69) is 10.6 Å². The first-order valence-corrected chi connectivity index (χ1v) is 8.35. The number of carbonyl (C=O) groups excluding carboxylic acids is 1. The van der Waals surface area contributed by atoms with Gasteiger partial charge in [-0.3, -0.25) is 4.90 Å². The highest BCUT2D eigenvalue weighted by atomic mass is 19.1. The average molecular weight is 335 g/mol. The van der Waals surface area contributed by atoms with Crippen LogP contribution < -0.4 is 10.6 Å². The van der Waals surface area contributed by atoms with Gasteiger partial charge in [0.2, 0.25) is 0 Å². The Morgan fingerprint density at radius 1 is 1.43 bits per heavy atom. The summed E-state index contributed by atoms with van der Waals surface area (Å²) in [5.41, 5.74) is -0.307. The normalized spacial score (nSPS) is 23.7. The van der Waals surface area contributed by atoms with Gasteiger partial charge in [-0.25, -0.2) is 13.6 Å². The summed E-state index contributed by atoms with van der Waals surface area (Å²) in [6.07, 6.45) is 0.234. The molecular weight excluding hydrogens is 304 g/mol. The summed E-state index contributed by atoms with van der Waals surface area (Å²) in [6.45, 7) is 8.34.